The standard InChI is InChI=1S/C21H21BrClN3O2S/c1-4-21(2)25-19(13-5-7-14(22)8-6-13)20(26-21)29-12-18(27)24-15-9-10-17(28-3)16(23)11-15/h5-11H,4,12H2,1-3H3,(H,24,27). The van der Waals surface area contributed by atoms with E-state index in [0.29, 0.717) is 16.5 Å². The SMILES string of the molecule is CCC1(C)N=C(SCC(=O)Nc2ccc(OC)c(Cl)c2)C(c2ccc(Br)cc2)=N1. The van der Waals surface area contributed by atoms with Crippen LogP contribution in [-0.4, -0.2) is 35.2 Å². The zero-order chi connectivity index (χ0) is 21.0. The van der Waals surface area contributed by atoms with Crippen LogP contribution in [0.25, 0.3) is 0 Å². The van der Waals surface area contributed by atoms with Crippen LogP contribution in [0.3, 0.4) is 0 Å². The third-order valence-electron chi connectivity index (χ3n) is 4.46. The van der Waals surface area contributed by atoms with E-state index in [2.05, 4.69) is 28.2 Å². The van der Waals surface area contributed by atoms with Crippen LogP contribution in [0, 0.1) is 0 Å². The van der Waals surface area contributed by atoms with E-state index in [9.17, 15) is 4.79 Å². The zero-order valence-electron chi connectivity index (χ0n) is 16.3. The molecule has 0 aromatic heterocycles. The number of aliphatic imine (C=N–C) groups is 2. The Hall–Kier alpha value is -1.83. The summed E-state index contributed by atoms with van der Waals surface area (Å²) in [5.74, 6) is 0.644. The van der Waals surface area contributed by atoms with Gasteiger partial charge in [0.25, 0.3) is 0 Å². The van der Waals surface area contributed by atoms with Crippen LogP contribution in [0.5, 0.6) is 5.75 Å². The highest BCUT2D eigenvalue weighted by atomic mass is 79.9. The van der Waals surface area contributed by atoms with Crippen molar-refractivity contribution in [2.75, 3.05) is 18.2 Å². The van der Waals surface area contributed by atoms with E-state index < -0.39 is 5.66 Å². The molecule has 1 atom stereocenters. The minimum Gasteiger partial charge on any atom is -0.495 e. The number of amides is 1. The van der Waals surface area contributed by atoms with Crippen molar-refractivity contribution in [1.29, 1.82) is 0 Å². The summed E-state index contributed by atoms with van der Waals surface area (Å²) in [6, 6.07) is 13.1. The molecule has 2 aromatic rings. The Morgan fingerprint density at radius 1 is 1.24 bits per heavy atom. The van der Waals surface area contributed by atoms with E-state index in [1.165, 1.54) is 11.8 Å². The molecule has 1 aliphatic rings. The summed E-state index contributed by atoms with van der Waals surface area (Å²) in [4.78, 5) is 22.1. The predicted molar refractivity (Wildman–Crippen MR) is 126 cm³/mol. The van der Waals surface area contributed by atoms with Gasteiger partial charge in [-0.25, -0.2) is 4.99 Å². The first-order valence-electron chi connectivity index (χ1n) is 9.06. The monoisotopic (exact) mass is 493 g/mol. The summed E-state index contributed by atoms with van der Waals surface area (Å²) in [7, 11) is 1.55. The molecule has 1 heterocycles. The molecule has 0 aliphatic carbocycles. The van der Waals surface area contributed by atoms with Crippen molar-refractivity contribution in [2.45, 2.75) is 25.9 Å². The fourth-order valence-corrected chi connectivity index (χ4v) is 4.14. The summed E-state index contributed by atoms with van der Waals surface area (Å²) >= 11 is 11.0. The lowest BCUT2D eigenvalue weighted by Crippen LogP contribution is -2.17. The number of carbonyl (C=O) groups is 1. The van der Waals surface area contributed by atoms with Crippen LogP contribution in [-0.2, 0) is 4.79 Å². The molecule has 0 bridgehead atoms. The number of anilines is 1. The number of halogens is 2. The third kappa shape index (κ3) is 5.41. The first-order valence-corrected chi connectivity index (χ1v) is 11.2. The van der Waals surface area contributed by atoms with Crippen LogP contribution in [0.15, 0.2) is 56.9 Å². The molecule has 1 unspecified atom stereocenters. The number of ether oxygens (including phenoxy) is 1. The number of hydrogen-bond donors (Lipinski definition) is 1. The quantitative estimate of drug-likeness (QED) is 0.551. The van der Waals surface area contributed by atoms with Gasteiger partial charge in [0.1, 0.15) is 16.5 Å². The Balaban J connectivity index is 1.70. The minimum atomic E-state index is -0.495. The second-order valence-corrected chi connectivity index (χ2v) is 8.93. The van der Waals surface area contributed by atoms with Gasteiger partial charge in [-0.1, -0.05) is 58.3 Å². The van der Waals surface area contributed by atoms with E-state index in [4.69, 9.17) is 26.3 Å². The number of carbonyl (C=O) groups excluding carboxylic acids is 1. The number of hydrogen-bond acceptors (Lipinski definition) is 5. The summed E-state index contributed by atoms with van der Waals surface area (Å²) in [6.07, 6.45) is 0.785. The van der Waals surface area contributed by atoms with E-state index in [1.54, 1.807) is 25.3 Å². The van der Waals surface area contributed by atoms with Crippen LogP contribution < -0.4 is 10.1 Å². The van der Waals surface area contributed by atoms with Crippen LogP contribution in [0.2, 0.25) is 5.02 Å². The molecule has 0 saturated carbocycles. The highest BCUT2D eigenvalue weighted by Gasteiger charge is 2.31. The third-order valence-corrected chi connectivity index (χ3v) is 6.25. The van der Waals surface area contributed by atoms with Gasteiger partial charge in [-0.15, -0.1) is 0 Å². The Bertz CT molecular complexity index is 978. The van der Waals surface area contributed by atoms with Crippen LogP contribution in [0.4, 0.5) is 5.69 Å². The van der Waals surface area contributed by atoms with Gasteiger partial charge in [-0.2, -0.15) is 0 Å². The number of benzene rings is 2. The van der Waals surface area contributed by atoms with Crippen molar-refractivity contribution in [3.05, 3.63) is 57.5 Å². The molecule has 2 aromatic carbocycles. The van der Waals surface area contributed by atoms with Crippen LogP contribution >= 0.6 is 39.3 Å². The molecule has 0 radical (unpaired) electrons. The molecule has 3 rings (SSSR count). The number of methoxy groups -OCH3 is 1. The van der Waals surface area contributed by atoms with E-state index in [1.807, 2.05) is 31.2 Å². The molecule has 8 heteroatoms. The summed E-state index contributed by atoms with van der Waals surface area (Å²) < 4.78 is 6.13. The fourth-order valence-electron chi connectivity index (χ4n) is 2.72. The molecule has 0 spiro atoms. The van der Waals surface area contributed by atoms with Crippen molar-refractivity contribution in [2.24, 2.45) is 9.98 Å². The molecule has 1 aliphatic heterocycles. The zero-order valence-corrected chi connectivity index (χ0v) is 19.5. The average molecular weight is 495 g/mol. The van der Waals surface area contributed by atoms with E-state index in [0.717, 1.165) is 27.2 Å². The van der Waals surface area contributed by atoms with Gasteiger partial charge in [0.2, 0.25) is 5.91 Å². The maximum absolute atomic E-state index is 12.4. The maximum atomic E-state index is 12.4. The number of rotatable bonds is 6. The van der Waals surface area contributed by atoms with Crippen molar-refractivity contribution >= 4 is 61.6 Å². The largest absolute Gasteiger partial charge is 0.495 e. The molecule has 1 amide bonds. The van der Waals surface area contributed by atoms with Gasteiger partial charge in [0.15, 0.2) is 0 Å². The summed E-state index contributed by atoms with van der Waals surface area (Å²) in [5, 5.41) is 4.08. The summed E-state index contributed by atoms with van der Waals surface area (Å²) in [6.45, 7) is 4.05. The lowest BCUT2D eigenvalue weighted by molar-refractivity contribution is -0.113. The normalized spacial score (nSPS) is 18.2. The van der Waals surface area contributed by atoms with E-state index >= 15 is 0 Å². The molecular formula is C21H21BrClN3O2S. The fraction of sp³-hybridized carbons (Fsp3) is 0.286. The molecule has 0 fully saturated rings. The minimum absolute atomic E-state index is 0.140. The Morgan fingerprint density at radius 2 is 1.97 bits per heavy atom. The van der Waals surface area contributed by atoms with Crippen molar-refractivity contribution in [3.8, 4) is 5.75 Å². The topological polar surface area (TPSA) is 63.0 Å². The lowest BCUT2D eigenvalue weighted by Gasteiger charge is -2.13. The second kappa shape index (κ2) is 9.32. The highest BCUT2D eigenvalue weighted by molar-refractivity contribution is 9.10. The van der Waals surface area contributed by atoms with Gasteiger partial charge in [-0.3, -0.25) is 9.79 Å². The van der Waals surface area contributed by atoms with Gasteiger partial charge in [-0.05, 0) is 43.7 Å². The van der Waals surface area contributed by atoms with Crippen molar-refractivity contribution in [3.63, 3.8) is 0 Å². The van der Waals surface area contributed by atoms with Crippen molar-refractivity contribution < 1.29 is 9.53 Å². The number of nitrogens with zero attached hydrogens (tertiary/aromatic N) is 2. The summed E-state index contributed by atoms with van der Waals surface area (Å²) in [5.41, 5.74) is 1.94. The second-order valence-electron chi connectivity index (χ2n) is 6.64. The van der Waals surface area contributed by atoms with Crippen molar-refractivity contribution in [1.82, 2.24) is 0 Å². The van der Waals surface area contributed by atoms with Crippen LogP contribution in [0.1, 0.15) is 25.8 Å². The van der Waals surface area contributed by atoms with Gasteiger partial charge in [0.05, 0.1) is 23.6 Å². The van der Waals surface area contributed by atoms with Gasteiger partial charge in [0, 0.05) is 15.7 Å². The molecular weight excluding hydrogens is 474 g/mol. The lowest BCUT2D eigenvalue weighted by atomic mass is 10.1. The molecule has 0 saturated heterocycles. The highest BCUT2D eigenvalue weighted by Crippen LogP contribution is 2.30. The number of nitrogens with one attached hydrogen (secondary N) is 1. The Labute approximate surface area is 188 Å². The van der Waals surface area contributed by atoms with Gasteiger partial charge >= 0.3 is 0 Å². The number of thioether (sulfide) groups is 1. The first-order chi connectivity index (χ1) is 13.8. The Kier molecular flexibility index (Phi) is 7.03. The molecule has 5 nitrogen and oxygen atoms in total. The van der Waals surface area contributed by atoms with E-state index in [-0.39, 0.29) is 11.7 Å². The first kappa shape index (κ1) is 21.9. The average Bonchev–Trinajstić information content (AvgIpc) is 3.05. The predicted octanol–water partition coefficient (Wildman–Crippen LogP) is 5.81. The Morgan fingerprint density at radius 3 is 2.59 bits per heavy atom. The van der Waals surface area contributed by atoms with Gasteiger partial charge < -0.3 is 10.1 Å². The molecule has 1 N–H and O–H groups in total. The maximum Gasteiger partial charge on any atom is 0.234 e. The molecule has 152 valence electrons. The molecule has 29 heavy (non-hydrogen) atoms. The smallest absolute Gasteiger partial charge is 0.234 e.